The van der Waals surface area contributed by atoms with Crippen LogP contribution in [0.25, 0.3) is 49.4 Å². The van der Waals surface area contributed by atoms with Crippen molar-refractivity contribution in [2.45, 2.75) is 0 Å². The molecule has 4 heteroatoms. The second-order valence-corrected chi connectivity index (χ2v) is 13.0. The van der Waals surface area contributed by atoms with Crippen LogP contribution in [0.1, 0.15) is 0 Å². The molecular formula is C48H33N3O. The van der Waals surface area contributed by atoms with Crippen LogP contribution in [-0.2, 0) is 0 Å². The number of para-hydroxylation sites is 5. The molecule has 0 aliphatic rings. The maximum Gasteiger partial charge on any atom is 0.145 e. The predicted molar refractivity (Wildman–Crippen MR) is 217 cm³/mol. The summed E-state index contributed by atoms with van der Waals surface area (Å²) < 4.78 is 9.08. The highest BCUT2D eigenvalue weighted by molar-refractivity contribution is 6.24. The summed E-state index contributed by atoms with van der Waals surface area (Å²) in [4.78, 5) is 4.61. The monoisotopic (exact) mass is 667 g/mol. The summed E-state index contributed by atoms with van der Waals surface area (Å²) >= 11 is 0. The van der Waals surface area contributed by atoms with Gasteiger partial charge in [-0.05, 0) is 109 Å². The van der Waals surface area contributed by atoms with Crippen molar-refractivity contribution in [1.29, 1.82) is 0 Å². The van der Waals surface area contributed by atoms with Crippen molar-refractivity contribution < 1.29 is 4.42 Å². The van der Waals surface area contributed by atoms with Crippen molar-refractivity contribution in [3.8, 4) is 5.69 Å². The molecule has 0 fully saturated rings. The molecule has 0 saturated heterocycles. The van der Waals surface area contributed by atoms with Gasteiger partial charge in [-0.1, -0.05) is 91.0 Å². The molecule has 10 aromatic rings. The highest BCUT2D eigenvalue weighted by Crippen LogP contribution is 2.44. The number of hydrogen-bond acceptors (Lipinski definition) is 3. The van der Waals surface area contributed by atoms with E-state index in [0.29, 0.717) is 0 Å². The molecule has 0 atom stereocenters. The minimum absolute atomic E-state index is 0.892. The van der Waals surface area contributed by atoms with Crippen LogP contribution in [0.5, 0.6) is 0 Å². The Hall–Kier alpha value is -7.04. The van der Waals surface area contributed by atoms with E-state index in [1.807, 2.05) is 6.07 Å². The molecule has 0 spiro atoms. The zero-order valence-electron chi connectivity index (χ0n) is 28.3. The molecule has 0 N–H and O–H groups in total. The normalized spacial score (nSPS) is 11.5. The van der Waals surface area contributed by atoms with Crippen molar-refractivity contribution in [3.63, 3.8) is 0 Å². The first-order valence-electron chi connectivity index (χ1n) is 17.6. The van der Waals surface area contributed by atoms with Gasteiger partial charge in [-0.2, -0.15) is 0 Å². The van der Waals surface area contributed by atoms with E-state index in [-0.39, 0.29) is 0 Å². The van der Waals surface area contributed by atoms with Gasteiger partial charge in [-0.3, -0.25) is 0 Å². The fraction of sp³-hybridized carbons (Fsp3) is 0. The summed E-state index contributed by atoms with van der Waals surface area (Å²) in [7, 11) is 0. The number of nitrogens with zero attached hydrogens (tertiary/aromatic N) is 3. The van der Waals surface area contributed by atoms with Gasteiger partial charge in [0.05, 0.1) is 16.4 Å². The molecule has 10 rings (SSSR count). The number of hydrogen-bond donors (Lipinski definition) is 0. The molecule has 0 aliphatic carbocycles. The van der Waals surface area contributed by atoms with Crippen LogP contribution in [0, 0.1) is 0 Å². The molecule has 4 nitrogen and oxygen atoms in total. The lowest BCUT2D eigenvalue weighted by molar-refractivity contribution is 0.673. The quantitative estimate of drug-likeness (QED) is 0.169. The molecular weight excluding hydrogens is 635 g/mol. The van der Waals surface area contributed by atoms with Gasteiger partial charge in [0.25, 0.3) is 0 Å². The summed E-state index contributed by atoms with van der Waals surface area (Å²) in [6.45, 7) is 0. The Kier molecular flexibility index (Phi) is 7.10. The van der Waals surface area contributed by atoms with E-state index < -0.39 is 0 Å². The van der Waals surface area contributed by atoms with Crippen LogP contribution in [-0.4, -0.2) is 4.57 Å². The SMILES string of the molecule is c1ccc(N(c2ccccc2)c2ccc(-n3c4ccc(N(c5ccccc5)c5ccccc5)cc4c4c5oc6ccccc6c5ccc43)cc2)cc1. The summed E-state index contributed by atoms with van der Waals surface area (Å²) in [5.74, 6) is 0. The van der Waals surface area contributed by atoms with Gasteiger partial charge in [0.2, 0.25) is 0 Å². The smallest absolute Gasteiger partial charge is 0.145 e. The van der Waals surface area contributed by atoms with Gasteiger partial charge in [-0.15, -0.1) is 0 Å². The van der Waals surface area contributed by atoms with E-state index in [1.54, 1.807) is 0 Å². The summed E-state index contributed by atoms with van der Waals surface area (Å²) in [6, 6.07) is 70.7. The molecule has 0 saturated carbocycles. The average molecular weight is 668 g/mol. The molecule has 246 valence electrons. The van der Waals surface area contributed by atoms with E-state index in [0.717, 1.165) is 83.6 Å². The van der Waals surface area contributed by atoms with E-state index in [4.69, 9.17) is 4.42 Å². The number of furan rings is 1. The van der Waals surface area contributed by atoms with Gasteiger partial charge < -0.3 is 18.8 Å². The van der Waals surface area contributed by atoms with Crippen LogP contribution >= 0.6 is 0 Å². The van der Waals surface area contributed by atoms with E-state index in [9.17, 15) is 0 Å². The summed E-state index contributed by atoms with van der Waals surface area (Å²) in [5.41, 5.74) is 11.7. The summed E-state index contributed by atoms with van der Waals surface area (Å²) in [6.07, 6.45) is 0. The minimum Gasteiger partial charge on any atom is -0.455 e. The Bertz CT molecular complexity index is 2750. The predicted octanol–water partition coefficient (Wildman–Crippen LogP) is 13.6. The van der Waals surface area contributed by atoms with Gasteiger partial charge >= 0.3 is 0 Å². The molecule has 0 bridgehead atoms. The van der Waals surface area contributed by atoms with Crippen LogP contribution in [0.3, 0.4) is 0 Å². The second kappa shape index (κ2) is 12.4. The number of anilines is 6. The maximum atomic E-state index is 6.71. The van der Waals surface area contributed by atoms with Gasteiger partial charge in [0, 0.05) is 56.0 Å². The molecule has 2 heterocycles. The minimum atomic E-state index is 0.892. The van der Waals surface area contributed by atoms with Crippen LogP contribution in [0.15, 0.2) is 205 Å². The van der Waals surface area contributed by atoms with Crippen molar-refractivity contribution in [2.75, 3.05) is 9.80 Å². The molecule has 52 heavy (non-hydrogen) atoms. The Morgan fingerprint density at radius 2 is 0.808 bits per heavy atom. The zero-order chi connectivity index (χ0) is 34.4. The van der Waals surface area contributed by atoms with Gasteiger partial charge in [0.1, 0.15) is 11.2 Å². The first kappa shape index (κ1) is 29.8. The number of benzene rings is 8. The lowest BCUT2D eigenvalue weighted by atomic mass is 10.1. The van der Waals surface area contributed by atoms with Crippen LogP contribution in [0.4, 0.5) is 34.1 Å². The van der Waals surface area contributed by atoms with Gasteiger partial charge in [-0.25, -0.2) is 0 Å². The largest absolute Gasteiger partial charge is 0.455 e. The van der Waals surface area contributed by atoms with E-state index >= 15 is 0 Å². The Morgan fingerprint density at radius 1 is 0.346 bits per heavy atom. The third kappa shape index (κ3) is 4.92. The van der Waals surface area contributed by atoms with Crippen molar-refractivity contribution in [1.82, 2.24) is 4.57 Å². The van der Waals surface area contributed by atoms with E-state index in [1.165, 1.54) is 0 Å². The average Bonchev–Trinajstić information content (AvgIpc) is 3.76. The topological polar surface area (TPSA) is 24.6 Å². The van der Waals surface area contributed by atoms with Crippen molar-refractivity contribution >= 4 is 77.9 Å². The Balaban J connectivity index is 1.20. The maximum absolute atomic E-state index is 6.71. The Morgan fingerprint density at radius 3 is 1.38 bits per heavy atom. The molecule has 8 aromatic carbocycles. The highest BCUT2D eigenvalue weighted by Gasteiger charge is 2.21. The lowest BCUT2D eigenvalue weighted by Crippen LogP contribution is -2.10. The third-order valence-electron chi connectivity index (χ3n) is 9.94. The lowest BCUT2D eigenvalue weighted by Gasteiger charge is -2.26. The molecule has 2 aromatic heterocycles. The van der Waals surface area contributed by atoms with Crippen LogP contribution < -0.4 is 9.80 Å². The summed E-state index contributed by atoms with van der Waals surface area (Å²) in [5, 5.41) is 4.48. The zero-order valence-corrected chi connectivity index (χ0v) is 28.3. The standard InChI is InChI=1S/C48H33N3O/c1-5-15-34(16-6-1)49(35-17-7-2-8-18-35)38-25-27-39(28-26-38)51-44-31-29-40(50(36-19-9-3-10-20-36)37-21-11-4-12-22-37)33-43(44)47-45(51)32-30-42-41-23-13-14-24-46(41)52-48(42)47/h1-33H. The number of fused-ring (bicyclic) bond motifs is 7. The van der Waals surface area contributed by atoms with Crippen molar-refractivity contribution in [3.05, 3.63) is 200 Å². The molecule has 0 radical (unpaired) electrons. The first-order chi connectivity index (χ1) is 25.8. The number of rotatable bonds is 7. The molecule has 0 aliphatic heterocycles. The third-order valence-corrected chi connectivity index (χ3v) is 9.94. The first-order valence-corrected chi connectivity index (χ1v) is 17.6. The van der Waals surface area contributed by atoms with E-state index in [2.05, 4.69) is 208 Å². The van der Waals surface area contributed by atoms with Crippen LogP contribution in [0.2, 0.25) is 0 Å². The second-order valence-electron chi connectivity index (χ2n) is 13.0. The number of aromatic nitrogens is 1. The Labute approximate surface area is 301 Å². The van der Waals surface area contributed by atoms with Gasteiger partial charge in [0.15, 0.2) is 0 Å². The molecule has 0 unspecified atom stereocenters. The fourth-order valence-corrected chi connectivity index (χ4v) is 7.64. The molecule has 0 amide bonds. The van der Waals surface area contributed by atoms with Crippen molar-refractivity contribution in [2.24, 2.45) is 0 Å². The highest BCUT2D eigenvalue weighted by atomic mass is 16.3. The fourth-order valence-electron chi connectivity index (χ4n) is 7.64.